The molecular weight excluding hydrogens is 210 g/mol. The first-order valence-corrected chi connectivity index (χ1v) is 5.10. The molecule has 1 atom stereocenters. The highest BCUT2D eigenvalue weighted by Gasteiger charge is 2.12. The molecule has 2 aromatic rings. The molecule has 1 unspecified atom stereocenters. The summed E-state index contributed by atoms with van der Waals surface area (Å²) in [5, 5.41) is 0.748. The molecule has 15 heavy (non-hydrogen) atoms. The Labute approximate surface area is 93.5 Å². The van der Waals surface area contributed by atoms with E-state index in [1.807, 2.05) is 42.0 Å². The maximum Gasteiger partial charge on any atom is 0.200 e. The Bertz CT molecular complexity index is 464. The minimum atomic E-state index is 0.0983. The van der Waals surface area contributed by atoms with Crippen molar-refractivity contribution in [3.05, 3.63) is 47.2 Å². The van der Waals surface area contributed by atoms with E-state index < -0.39 is 0 Å². The van der Waals surface area contributed by atoms with E-state index in [0.29, 0.717) is 5.95 Å². The summed E-state index contributed by atoms with van der Waals surface area (Å²) in [4.78, 5) is 3.99. The van der Waals surface area contributed by atoms with Crippen LogP contribution in [0.25, 0.3) is 0 Å². The first-order valence-electron chi connectivity index (χ1n) is 4.73. The first kappa shape index (κ1) is 10.1. The average Bonchev–Trinajstić information content (AvgIpc) is 2.64. The predicted molar refractivity (Wildman–Crippen MR) is 61.9 cm³/mol. The molecule has 4 heteroatoms. The first-order chi connectivity index (χ1) is 7.20. The molecule has 0 aliphatic carbocycles. The third-order valence-corrected chi connectivity index (χ3v) is 2.82. The Hall–Kier alpha value is -1.48. The fourth-order valence-corrected chi connectivity index (χ4v) is 1.91. The molecule has 3 nitrogen and oxygen atoms in total. The lowest BCUT2D eigenvalue weighted by Gasteiger charge is -2.16. The second-order valence-electron chi connectivity index (χ2n) is 3.39. The molecule has 1 heterocycles. The van der Waals surface area contributed by atoms with Gasteiger partial charge in [0.1, 0.15) is 0 Å². The molecule has 2 rings (SSSR count). The number of imidazole rings is 1. The van der Waals surface area contributed by atoms with Gasteiger partial charge in [-0.25, -0.2) is 4.98 Å². The summed E-state index contributed by atoms with van der Waals surface area (Å²) in [5.74, 6) is 0.502. The summed E-state index contributed by atoms with van der Waals surface area (Å²) in [7, 11) is 0. The average molecular weight is 222 g/mol. The molecule has 78 valence electrons. The topological polar surface area (TPSA) is 43.8 Å². The smallest absolute Gasteiger partial charge is 0.200 e. The van der Waals surface area contributed by atoms with Crippen molar-refractivity contribution >= 4 is 17.5 Å². The molecule has 0 aliphatic heterocycles. The number of anilines is 1. The van der Waals surface area contributed by atoms with Crippen LogP contribution in [-0.2, 0) is 0 Å². The van der Waals surface area contributed by atoms with Gasteiger partial charge in [-0.05, 0) is 18.6 Å². The minimum absolute atomic E-state index is 0.0983. The van der Waals surface area contributed by atoms with Crippen molar-refractivity contribution in [2.24, 2.45) is 0 Å². The Morgan fingerprint density at radius 3 is 2.73 bits per heavy atom. The summed E-state index contributed by atoms with van der Waals surface area (Å²) in [6.45, 7) is 2.04. The molecule has 0 radical (unpaired) electrons. The molecule has 1 aromatic heterocycles. The Morgan fingerprint density at radius 1 is 1.40 bits per heavy atom. The maximum absolute atomic E-state index is 6.11. The van der Waals surface area contributed by atoms with Crippen molar-refractivity contribution < 1.29 is 0 Å². The standard InChI is InChI=1S/C11H12ClN3/c1-8(15-7-6-14-11(15)13)9-4-2-3-5-10(9)12/h2-8H,1H3,(H2,13,14). The van der Waals surface area contributed by atoms with Crippen LogP contribution in [0, 0.1) is 0 Å². The lowest BCUT2D eigenvalue weighted by atomic mass is 10.1. The second kappa shape index (κ2) is 3.95. The zero-order valence-electron chi connectivity index (χ0n) is 8.39. The highest BCUT2D eigenvalue weighted by molar-refractivity contribution is 6.31. The van der Waals surface area contributed by atoms with E-state index in [1.54, 1.807) is 6.20 Å². The number of hydrogen-bond acceptors (Lipinski definition) is 2. The van der Waals surface area contributed by atoms with Crippen molar-refractivity contribution in [2.45, 2.75) is 13.0 Å². The molecule has 0 saturated heterocycles. The number of halogens is 1. The summed E-state index contributed by atoms with van der Waals surface area (Å²) in [5.41, 5.74) is 6.78. The van der Waals surface area contributed by atoms with Gasteiger partial charge in [-0.2, -0.15) is 0 Å². The zero-order valence-corrected chi connectivity index (χ0v) is 9.15. The van der Waals surface area contributed by atoms with Gasteiger partial charge in [-0.15, -0.1) is 0 Å². The zero-order chi connectivity index (χ0) is 10.8. The molecule has 1 aromatic carbocycles. The molecular formula is C11H12ClN3. The van der Waals surface area contributed by atoms with Crippen LogP contribution in [0.1, 0.15) is 18.5 Å². The quantitative estimate of drug-likeness (QED) is 0.848. The van der Waals surface area contributed by atoms with Crippen molar-refractivity contribution in [3.63, 3.8) is 0 Å². The SMILES string of the molecule is CC(c1ccccc1Cl)n1ccnc1N. The summed E-state index contributed by atoms with van der Waals surface area (Å²) in [6.07, 6.45) is 3.53. The van der Waals surface area contributed by atoms with Gasteiger partial charge >= 0.3 is 0 Å². The van der Waals surface area contributed by atoms with Crippen molar-refractivity contribution in [2.75, 3.05) is 5.73 Å². The predicted octanol–water partition coefficient (Wildman–Crippen LogP) is 2.73. The number of nitrogens with zero attached hydrogens (tertiary/aromatic N) is 2. The molecule has 2 N–H and O–H groups in total. The van der Waals surface area contributed by atoms with Gasteiger partial charge in [0, 0.05) is 17.4 Å². The maximum atomic E-state index is 6.11. The number of nitrogens with two attached hydrogens (primary N) is 1. The van der Waals surface area contributed by atoms with Gasteiger partial charge in [-0.3, -0.25) is 0 Å². The van der Waals surface area contributed by atoms with Crippen LogP contribution < -0.4 is 5.73 Å². The van der Waals surface area contributed by atoms with Crippen LogP contribution in [-0.4, -0.2) is 9.55 Å². The van der Waals surface area contributed by atoms with Crippen molar-refractivity contribution in [3.8, 4) is 0 Å². The van der Waals surface area contributed by atoms with Gasteiger partial charge < -0.3 is 10.3 Å². The highest BCUT2D eigenvalue weighted by atomic mass is 35.5. The number of nitrogen functional groups attached to an aromatic ring is 1. The van der Waals surface area contributed by atoms with E-state index in [0.717, 1.165) is 10.6 Å². The van der Waals surface area contributed by atoms with Crippen LogP contribution in [0.3, 0.4) is 0 Å². The fourth-order valence-electron chi connectivity index (χ4n) is 1.62. The van der Waals surface area contributed by atoms with Crippen molar-refractivity contribution in [1.29, 1.82) is 0 Å². The van der Waals surface area contributed by atoms with E-state index in [9.17, 15) is 0 Å². The summed E-state index contributed by atoms with van der Waals surface area (Å²) in [6, 6.07) is 7.84. The van der Waals surface area contributed by atoms with Crippen LogP contribution >= 0.6 is 11.6 Å². The third kappa shape index (κ3) is 1.83. The van der Waals surface area contributed by atoms with Crippen LogP contribution in [0.5, 0.6) is 0 Å². The van der Waals surface area contributed by atoms with Gasteiger partial charge in [0.2, 0.25) is 5.95 Å². The van der Waals surface area contributed by atoms with E-state index in [-0.39, 0.29) is 6.04 Å². The Balaban J connectivity index is 2.41. The molecule has 0 saturated carbocycles. The van der Waals surface area contributed by atoms with Crippen LogP contribution in [0.4, 0.5) is 5.95 Å². The van der Waals surface area contributed by atoms with Crippen molar-refractivity contribution in [1.82, 2.24) is 9.55 Å². The van der Waals surface area contributed by atoms with Gasteiger partial charge in [0.25, 0.3) is 0 Å². The summed E-state index contributed by atoms with van der Waals surface area (Å²) >= 11 is 6.11. The number of benzene rings is 1. The fraction of sp³-hybridized carbons (Fsp3) is 0.182. The van der Waals surface area contributed by atoms with E-state index in [1.165, 1.54) is 0 Å². The number of rotatable bonds is 2. The number of aromatic nitrogens is 2. The lowest BCUT2D eigenvalue weighted by molar-refractivity contribution is 0.648. The van der Waals surface area contributed by atoms with E-state index >= 15 is 0 Å². The minimum Gasteiger partial charge on any atom is -0.369 e. The molecule has 0 spiro atoms. The molecule has 0 aliphatic rings. The van der Waals surface area contributed by atoms with E-state index in [2.05, 4.69) is 4.98 Å². The summed E-state index contributed by atoms with van der Waals surface area (Å²) < 4.78 is 1.89. The van der Waals surface area contributed by atoms with Crippen LogP contribution in [0.15, 0.2) is 36.7 Å². The third-order valence-electron chi connectivity index (χ3n) is 2.47. The van der Waals surface area contributed by atoms with Gasteiger partial charge in [0.05, 0.1) is 6.04 Å². The normalized spacial score (nSPS) is 12.7. The highest BCUT2D eigenvalue weighted by Crippen LogP contribution is 2.26. The van der Waals surface area contributed by atoms with Gasteiger partial charge in [-0.1, -0.05) is 29.8 Å². The van der Waals surface area contributed by atoms with E-state index in [4.69, 9.17) is 17.3 Å². The molecule has 0 bridgehead atoms. The molecule has 0 fully saturated rings. The van der Waals surface area contributed by atoms with Gasteiger partial charge in [0.15, 0.2) is 0 Å². The number of hydrogen-bond donors (Lipinski definition) is 1. The monoisotopic (exact) mass is 221 g/mol. The molecule has 0 amide bonds. The second-order valence-corrected chi connectivity index (χ2v) is 3.80. The van der Waals surface area contributed by atoms with Crippen LogP contribution in [0.2, 0.25) is 5.02 Å². The Morgan fingerprint density at radius 2 is 2.13 bits per heavy atom. The lowest BCUT2D eigenvalue weighted by Crippen LogP contribution is -2.09. The Kier molecular flexibility index (Phi) is 2.64. The largest absolute Gasteiger partial charge is 0.369 e.